The number of halogens is 1. The molecule has 21 heavy (non-hydrogen) atoms. The van der Waals surface area contributed by atoms with Gasteiger partial charge >= 0.3 is 0 Å². The molecular weight excluding hydrogens is 348 g/mol. The number of hydrogen-bond donors (Lipinski definition) is 1. The van der Waals surface area contributed by atoms with E-state index in [2.05, 4.69) is 38.4 Å². The number of aliphatic imine (C=N–C) groups is 1. The predicted octanol–water partition coefficient (Wildman–Crippen LogP) is 3.79. The number of fused-ring (bicyclic) bond motifs is 3. The van der Waals surface area contributed by atoms with Crippen LogP contribution in [0.1, 0.15) is 28.0 Å². The highest BCUT2D eigenvalue weighted by molar-refractivity contribution is 9.10. The van der Waals surface area contributed by atoms with Crippen LogP contribution in [0.15, 0.2) is 33.7 Å². The summed E-state index contributed by atoms with van der Waals surface area (Å²) in [5.41, 5.74) is 4.57. The molecule has 0 saturated carbocycles. The zero-order valence-corrected chi connectivity index (χ0v) is 13.7. The van der Waals surface area contributed by atoms with Crippen LogP contribution in [0.3, 0.4) is 0 Å². The van der Waals surface area contributed by atoms with Gasteiger partial charge in [-0.15, -0.1) is 11.3 Å². The maximum absolute atomic E-state index is 11.9. The quantitative estimate of drug-likeness (QED) is 0.825. The minimum absolute atomic E-state index is 0.0247. The molecule has 1 aliphatic heterocycles. The summed E-state index contributed by atoms with van der Waals surface area (Å²) in [6.07, 6.45) is 3.42. The molecule has 0 bridgehead atoms. The van der Waals surface area contributed by atoms with E-state index in [1.165, 1.54) is 16.9 Å². The summed E-state index contributed by atoms with van der Waals surface area (Å²) in [7, 11) is 0. The summed E-state index contributed by atoms with van der Waals surface area (Å²) in [5, 5.41) is 3.99. The third kappa shape index (κ3) is 2.24. The van der Waals surface area contributed by atoms with Crippen molar-refractivity contribution in [2.24, 2.45) is 4.99 Å². The molecular formula is C16H13BrN2OS. The maximum atomic E-state index is 11.9. The van der Waals surface area contributed by atoms with Crippen molar-refractivity contribution in [2.75, 3.05) is 11.9 Å². The maximum Gasteiger partial charge on any atom is 0.246 e. The number of thiophene rings is 1. The first-order valence-electron chi connectivity index (χ1n) is 6.97. The van der Waals surface area contributed by atoms with Gasteiger partial charge in [-0.1, -0.05) is 28.1 Å². The minimum atomic E-state index is -0.0247. The average Bonchev–Trinajstić information content (AvgIpc) is 2.99. The Morgan fingerprint density at radius 3 is 2.81 bits per heavy atom. The molecule has 2 heterocycles. The minimum Gasteiger partial charge on any atom is -0.316 e. The van der Waals surface area contributed by atoms with Crippen LogP contribution in [0.5, 0.6) is 0 Å². The molecule has 2 aliphatic rings. The zero-order chi connectivity index (χ0) is 14.4. The lowest BCUT2D eigenvalue weighted by Gasteiger charge is -2.08. The highest BCUT2D eigenvalue weighted by Crippen LogP contribution is 2.41. The SMILES string of the molecule is O=C1CN=C(c2ccc(Br)cc2)c2c(sc3c2CCC3)N1. The number of rotatable bonds is 1. The molecule has 0 spiro atoms. The molecule has 1 aromatic carbocycles. The molecule has 2 aromatic rings. The van der Waals surface area contributed by atoms with E-state index >= 15 is 0 Å². The first-order chi connectivity index (χ1) is 10.2. The molecule has 1 aliphatic carbocycles. The summed E-state index contributed by atoms with van der Waals surface area (Å²) in [6.45, 7) is 0.196. The van der Waals surface area contributed by atoms with Gasteiger partial charge in [0, 0.05) is 20.5 Å². The van der Waals surface area contributed by atoms with Gasteiger partial charge in [-0.3, -0.25) is 9.79 Å². The van der Waals surface area contributed by atoms with E-state index in [0.29, 0.717) is 0 Å². The number of carbonyl (C=O) groups excluding carboxylic acids is 1. The summed E-state index contributed by atoms with van der Waals surface area (Å²) < 4.78 is 1.05. The van der Waals surface area contributed by atoms with Crippen molar-refractivity contribution in [1.29, 1.82) is 0 Å². The molecule has 0 saturated heterocycles. The van der Waals surface area contributed by atoms with Gasteiger partial charge in [0.1, 0.15) is 11.5 Å². The second kappa shape index (κ2) is 5.07. The van der Waals surface area contributed by atoms with Gasteiger partial charge < -0.3 is 5.32 Å². The lowest BCUT2D eigenvalue weighted by Crippen LogP contribution is -2.12. The summed E-state index contributed by atoms with van der Waals surface area (Å²) in [4.78, 5) is 17.9. The third-order valence-corrected chi connectivity index (χ3v) is 5.65. The molecule has 0 atom stereocenters. The van der Waals surface area contributed by atoms with Crippen molar-refractivity contribution in [3.63, 3.8) is 0 Å². The average molecular weight is 361 g/mol. The number of carbonyl (C=O) groups is 1. The van der Waals surface area contributed by atoms with Gasteiger partial charge in [0.25, 0.3) is 0 Å². The summed E-state index contributed by atoms with van der Waals surface area (Å²) in [5.74, 6) is -0.0247. The molecule has 5 heteroatoms. The van der Waals surface area contributed by atoms with E-state index in [-0.39, 0.29) is 12.5 Å². The third-order valence-electron chi connectivity index (χ3n) is 3.91. The number of hydrogen-bond acceptors (Lipinski definition) is 3. The van der Waals surface area contributed by atoms with Crippen molar-refractivity contribution in [1.82, 2.24) is 0 Å². The van der Waals surface area contributed by atoms with E-state index < -0.39 is 0 Å². The zero-order valence-electron chi connectivity index (χ0n) is 11.3. The Balaban J connectivity index is 1.91. The largest absolute Gasteiger partial charge is 0.316 e. The Morgan fingerprint density at radius 1 is 1.19 bits per heavy atom. The van der Waals surface area contributed by atoms with Crippen molar-refractivity contribution < 1.29 is 4.79 Å². The Bertz CT molecular complexity index is 761. The topological polar surface area (TPSA) is 41.5 Å². The van der Waals surface area contributed by atoms with Crippen LogP contribution in [0.2, 0.25) is 0 Å². The van der Waals surface area contributed by atoms with E-state index in [1.54, 1.807) is 11.3 Å². The fourth-order valence-corrected chi connectivity index (χ4v) is 4.55. The Hall–Kier alpha value is -1.46. The fraction of sp³-hybridized carbons (Fsp3) is 0.250. The van der Waals surface area contributed by atoms with Crippen LogP contribution in [-0.4, -0.2) is 18.2 Å². The van der Waals surface area contributed by atoms with Crippen LogP contribution in [0.25, 0.3) is 0 Å². The van der Waals surface area contributed by atoms with Gasteiger partial charge in [0.15, 0.2) is 0 Å². The van der Waals surface area contributed by atoms with Crippen molar-refractivity contribution in [3.8, 4) is 0 Å². The van der Waals surface area contributed by atoms with Crippen molar-refractivity contribution in [3.05, 3.63) is 50.3 Å². The lowest BCUT2D eigenvalue weighted by molar-refractivity contribution is -0.114. The van der Waals surface area contributed by atoms with Gasteiger partial charge in [-0.2, -0.15) is 0 Å². The molecule has 4 rings (SSSR count). The molecule has 1 N–H and O–H groups in total. The van der Waals surface area contributed by atoms with Gasteiger partial charge in [0.2, 0.25) is 5.91 Å². The van der Waals surface area contributed by atoms with Crippen LogP contribution < -0.4 is 5.32 Å². The van der Waals surface area contributed by atoms with Gasteiger partial charge in [0.05, 0.1) is 5.71 Å². The smallest absolute Gasteiger partial charge is 0.246 e. The van der Waals surface area contributed by atoms with Gasteiger partial charge in [-0.05, 0) is 37.0 Å². The summed E-state index contributed by atoms with van der Waals surface area (Å²) in [6, 6.07) is 8.15. The monoisotopic (exact) mass is 360 g/mol. The van der Waals surface area contributed by atoms with E-state index in [1.807, 2.05) is 12.1 Å². The second-order valence-electron chi connectivity index (χ2n) is 5.28. The lowest BCUT2D eigenvalue weighted by atomic mass is 9.99. The van der Waals surface area contributed by atoms with Crippen LogP contribution in [0.4, 0.5) is 5.00 Å². The highest BCUT2D eigenvalue weighted by Gasteiger charge is 2.28. The van der Waals surface area contributed by atoms with E-state index in [9.17, 15) is 4.79 Å². The second-order valence-corrected chi connectivity index (χ2v) is 7.30. The molecule has 0 radical (unpaired) electrons. The first kappa shape index (κ1) is 13.2. The normalized spacial score (nSPS) is 16.8. The first-order valence-corrected chi connectivity index (χ1v) is 8.58. The Morgan fingerprint density at radius 2 is 2.00 bits per heavy atom. The number of benzene rings is 1. The number of anilines is 1. The Kier molecular flexibility index (Phi) is 3.19. The van der Waals surface area contributed by atoms with E-state index in [4.69, 9.17) is 0 Å². The summed E-state index contributed by atoms with van der Waals surface area (Å²) >= 11 is 5.19. The number of amides is 1. The number of aryl methyl sites for hydroxylation is 1. The van der Waals surface area contributed by atoms with Crippen LogP contribution in [-0.2, 0) is 17.6 Å². The molecule has 1 aromatic heterocycles. The van der Waals surface area contributed by atoms with Crippen LogP contribution >= 0.6 is 27.3 Å². The number of nitrogens with one attached hydrogen (secondary N) is 1. The van der Waals surface area contributed by atoms with E-state index in [0.717, 1.165) is 39.2 Å². The molecule has 0 unspecified atom stereocenters. The molecule has 106 valence electrons. The molecule has 1 amide bonds. The highest BCUT2D eigenvalue weighted by atomic mass is 79.9. The standard InChI is InChI=1S/C16H13BrN2OS/c17-10-6-4-9(5-7-10)15-14-11-2-1-3-12(11)21-16(14)19-13(20)8-18-15/h4-7H,1-3,8H2,(H,19,20). The fourth-order valence-electron chi connectivity index (χ4n) is 2.98. The van der Waals surface area contributed by atoms with Crippen LogP contribution in [0, 0.1) is 0 Å². The van der Waals surface area contributed by atoms with Gasteiger partial charge in [-0.25, -0.2) is 0 Å². The Labute approximate surface area is 135 Å². The molecule has 3 nitrogen and oxygen atoms in total. The predicted molar refractivity (Wildman–Crippen MR) is 89.6 cm³/mol. The van der Waals surface area contributed by atoms with Crippen molar-refractivity contribution in [2.45, 2.75) is 19.3 Å². The molecule has 0 fully saturated rings. The number of nitrogens with zero attached hydrogens (tertiary/aromatic N) is 1. The van der Waals surface area contributed by atoms with Crippen molar-refractivity contribution >= 4 is 43.9 Å².